The molecule has 1 aromatic heterocycles. The molecule has 0 aliphatic rings. The first-order valence-electron chi connectivity index (χ1n) is 8.61. The number of hydrogen-bond acceptors (Lipinski definition) is 2. The zero-order valence-electron chi connectivity index (χ0n) is 14.5. The minimum absolute atomic E-state index is 0.573. The summed E-state index contributed by atoms with van der Waals surface area (Å²) in [5.41, 5.74) is 4.35. The van der Waals surface area contributed by atoms with Crippen LogP contribution in [0.2, 0.25) is 5.02 Å². The smallest absolute Gasteiger partial charge is 0.141 e. The minimum Gasteiger partial charge on any atom is -0.492 e. The number of para-hydroxylation sites is 2. The van der Waals surface area contributed by atoms with Gasteiger partial charge in [0.25, 0.3) is 0 Å². The maximum Gasteiger partial charge on any atom is 0.141 e. The monoisotopic (exact) mass is 362 g/mol. The van der Waals surface area contributed by atoms with Crippen molar-refractivity contribution in [3.63, 3.8) is 0 Å². The second-order valence-corrected chi connectivity index (χ2v) is 6.68. The fourth-order valence-corrected chi connectivity index (χ4v) is 3.14. The number of aryl methyl sites for hydroxylation is 1. The van der Waals surface area contributed by atoms with E-state index >= 15 is 0 Å². The third-order valence-electron chi connectivity index (χ3n) is 4.36. The summed E-state index contributed by atoms with van der Waals surface area (Å²) in [6, 6.07) is 24.1. The van der Waals surface area contributed by atoms with Crippen LogP contribution in [0, 0.1) is 6.92 Å². The van der Waals surface area contributed by atoms with Crippen LogP contribution < -0.4 is 4.74 Å². The molecule has 0 atom stereocenters. The van der Waals surface area contributed by atoms with E-state index in [1.165, 1.54) is 5.56 Å². The molecule has 0 saturated heterocycles. The summed E-state index contributed by atoms with van der Waals surface area (Å²) in [6.45, 7) is 3.36. The van der Waals surface area contributed by atoms with Gasteiger partial charge in [-0.25, -0.2) is 4.98 Å². The molecule has 4 heteroatoms. The topological polar surface area (TPSA) is 27.1 Å². The van der Waals surface area contributed by atoms with Gasteiger partial charge in [0.05, 0.1) is 17.6 Å². The highest BCUT2D eigenvalue weighted by atomic mass is 35.5. The lowest BCUT2D eigenvalue weighted by molar-refractivity contribution is 0.301. The molecule has 0 fully saturated rings. The van der Waals surface area contributed by atoms with Crippen LogP contribution in [0.5, 0.6) is 5.75 Å². The van der Waals surface area contributed by atoms with Crippen molar-refractivity contribution >= 4 is 22.6 Å². The Morgan fingerprint density at radius 2 is 1.65 bits per heavy atom. The lowest BCUT2D eigenvalue weighted by atomic mass is 10.2. The summed E-state index contributed by atoms with van der Waals surface area (Å²) in [5.74, 6) is 1.81. The SMILES string of the molecule is Cc1ccc(OCCn2c(-c3ccc(Cl)cc3)nc3ccccc32)cc1. The van der Waals surface area contributed by atoms with Gasteiger partial charge < -0.3 is 9.30 Å². The van der Waals surface area contributed by atoms with E-state index < -0.39 is 0 Å². The summed E-state index contributed by atoms with van der Waals surface area (Å²) in [6.07, 6.45) is 0. The number of nitrogens with zero attached hydrogens (tertiary/aromatic N) is 2. The van der Waals surface area contributed by atoms with E-state index in [1.54, 1.807) is 0 Å². The van der Waals surface area contributed by atoms with Crippen molar-refractivity contribution in [3.8, 4) is 17.1 Å². The quantitative estimate of drug-likeness (QED) is 0.452. The van der Waals surface area contributed by atoms with Crippen molar-refractivity contribution in [3.05, 3.63) is 83.4 Å². The molecular weight excluding hydrogens is 344 g/mol. The van der Waals surface area contributed by atoms with E-state index in [2.05, 4.69) is 29.7 Å². The maximum atomic E-state index is 6.03. The normalized spacial score (nSPS) is 11.0. The summed E-state index contributed by atoms with van der Waals surface area (Å²) in [5, 5.41) is 0.721. The molecule has 0 aliphatic carbocycles. The summed E-state index contributed by atoms with van der Waals surface area (Å²) >= 11 is 6.03. The van der Waals surface area contributed by atoms with Gasteiger partial charge in [0, 0.05) is 10.6 Å². The molecule has 3 nitrogen and oxygen atoms in total. The van der Waals surface area contributed by atoms with Crippen molar-refractivity contribution in [2.45, 2.75) is 13.5 Å². The van der Waals surface area contributed by atoms with Crippen molar-refractivity contribution in [1.29, 1.82) is 0 Å². The number of imidazole rings is 1. The number of fused-ring (bicyclic) bond motifs is 1. The van der Waals surface area contributed by atoms with E-state index in [-0.39, 0.29) is 0 Å². The van der Waals surface area contributed by atoms with Gasteiger partial charge in [-0.3, -0.25) is 0 Å². The third-order valence-corrected chi connectivity index (χ3v) is 4.61. The number of rotatable bonds is 5. The van der Waals surface area contributed by atoms with Gasteiger partial charge in [0.1, 0.15) is 18.2 Å². The third kappa shape index (κ3) is 3.44. The van der Waals surface area contributed by atoms with Gasteiger partial charge in [-0.05, 0) is 55.5 Å². The molecule has 0 spiro atoms. The maximum absolute atomic E-state index is 6.03. The van der Waals surface area contributed by atoms with Gasteiger partial charge in [-0.1, -0.05) is 41.4 Å². The van der Waals surface area contributed by atoms with Gasteiger partial charge >= 0.3 is 0 Å². The Hall–Kier alpha value is -2.78. The zero-order valence-corrected chi connectivity index (χ0v) is 15.3. The number of aromatic nitrogens is 2. The van der Waals surface area contributed by atoms with Gasteiger partial charge in [0.15, 0.2) is 0 Å². The summed E-state index contributed by atoms with van der Waals surface area (Å²) in [4.78, 5) is 4.81. The zero-order chi connectivity index (χ0) is 17.9. The Balaban J connectivity index is 1.63. The first kappa shape index (κ1) is 16.7. The van der Waals surface area contributed by atoms with Crippen LogP contribution in [-0.2, 0) is 6.54 Å². The number of benzene rings is 3. The first-order chi connectivity index (χ1) is 12.7. The fraction of sp³-hybridized carbons (Fsp3) is 0.136. The van der Waals surface area contributed by atoms with Gasteiger partial charge in [0.2, 0.25) is 0 Å². The lowest BCUT2D eigenvalue weighted by Crippen LogP contribution is -2.09. The standard InChI is InChI=1S/C22H19ClN2O/c1-16-6-12-19(13-7-16)26-15-14-25-21-5-3-2-4-20(21)24-22(25)17-8-10-18(23)11-9-17/h2-13H,14-15H2,1H3. The molecule has 0 radical (unpaired) electrons. The van der Waals surface area contributed by atoms with Crippen molar-refractivity contribution in [2.75, 3.05) is 6.61 Å². The predicted molar refractivity (Wildman–Crippen MR) is 107 cm³/mol. The second-order valence-electron chi connectivity index (χ2n) is 6.24. The molecule has 0 N–H and O–H groups in total. The molecule has 0 unspecified atom stereocenters. The molecule has 4 aromatic rings. The van der Waals surface area contributed by atoms with Crippen LogP contribution >= 0.6 is 11.6 Å². The Kier molecular flexibility index (Phi) is 4.63. The highest BCUT2D eigenvalue weighted by molar-refractivity contribution is 6.30. The molecule has 130 valence electrons. The Labute approximate surface area is 157 Å². The lowest BCUT2D eigenvalue weighted by Gasteiger charge is -2.11. The van der Waals surface area contributed by atoms with Crippen LogP contribution in [0.3, 0.4) is 0 Å². The van der Waals surface area contributed by atoms with Crippen molar-refractivity contribution < 1.29 is 4.74 Å². The molecule has 4 rings (SSSR count). The number of hydrogen-bond donors (Lipinski definition) is 0. The van der Waals surface area contributed by atoms with Gasteiger partial charge in [-0.2, -0.15) is 0 Å². The van der Waals surface area contributed by atoms with E-state index in [0.717, 1.165) is 33.2 Å². The van der Waals surface area contributed by atoms with Crippen LogP contribution in [-0.4, -0.2) is 16.2 Å². The van der Waals surface area contributed by atoms with Gasteiger partial charge in [-0.15, -0.1) is 0 Å². The minimum atomic E-state index is 0.573. The molecule has 0 amide bonds. The second kappa shape index (κ2) is 7.22. The Morgan fingerprint density at radius 1 is 0.923 bits per heavy atom. The molecule has 1 heterocycles. The largest absolute Gasteiger partial charge is 0.492 e. The van der Waals surface area contributed by atoms with Crippen molar-refractivity contribution in [2.24, 2.45) is 0 Å². The molecular formula is C22H19ClN2O. The summed E-state index contributed by atoms with van der Waals surface area (Å²) < 4.78 is 8.12. The highest BCUT2D eigenvalue weighted by Gasteiger charge is 2.12. The average Bonchev–Trinajstić information content (AvgIpc) is 3.03. The number of ether oxygens (including phenoxy) is 1. The average molecular weight is 363 g/mol. The predicted octanol–water partition coefficient (Wildman–Crippen LogP) is 5.74. The van der Waals surface area contributed by atoms with Crippen LogP contribution in [0.4, 0.5) is 0 Å². The first-order valence-corrected chi connectivity index (χ1v) is 8.99. The fourth-order valence-electron chi connectivity index (χ4n) is 3.01. The van der Waals surface area contributed by atoms with Crippen LogP contribution in [0.15, 0.2) is 72.8 Å². The van der Waals surface area contributed by atoms with Crippen LogP contribution in [0.25, 0.3) is 22.4 Å². The van der Waals surface area contributed by atoms with Crippen molar-refractivity contribution in [1.82, 2.24) is 9.55 Å². The molecule has 0 bridgehead atoms. The van der Waals surface area contributed by atoms with E-state index in [1.807, 2.05) is 54.6 Å². The molecule has 26 heavy (non-hydrogen) atoms. The molecule has 3 aromatic carbocycles. The van der Waals surface area contributed by atoms with E-state index in [0.29, 0.717) is 13.2 Å². The highest BCUT2D eigenvalue weighted by Crippen LogP contribution is 2.26. The molecule has 0 aliphatic heterocycles. The van der Waals surface area contributed by atoms with E-state index in [9.17, 15) is 0 Å². The Bertz CT molecular complexity index is 1020. The molecule has 0 saturated carbocycles. The number of halogens is 1. The van der Waals surface area contributed by atoms with E-state index in [4.69, 9.17) is 21.3 Å². The Morgan fingerprint density at radius 3 is 2.42 bits per heavy atom. The van der Waals surface area contributed by atoms with Crippen LogP contribution in [0.1, 0.15) is 5.56 Å². The summed E-state index contributed by atoms with van der Waals surface area (Å²) in [7, 11) is 0.